The second-order valence-electron chi connectivity index (χ2n) is 4.77. The maximum absolute atomic E-state index is 2.30. The summed E-state index contributed by atoms with van der Waals surface area (Å²) in [6.45, 7) is 4.46. The van der Waals surface area contributed by atoms with Gasteiger partial charge in [0.05, 0.1) is 0 Å². The predicted molar refractivity (Wildman–Crippen MR) is 82.4 cm³/mol. The summed E-state index contributed by atoms with van der Waals surface area (Å²) in [5.74, 6) is 0. The van der Waals surface area contributed by atoms with Crippen molar-refractivity contribution < 1.29 is 0 Å². The molecule has 0 aliphatic heterocycles. The number of unbranched alkanes of at least 4 members (excludes halogenated alkanes) is 2. The van der Waals surface area contributed by atoms with Gasteiger partial charge in [0.1, 0.15) is 0 Å². The first-order valence-electron chi connectivity index (χ1n) is 7.01. The molecule has 0 spiro atoms. The van der Waals surface area contributed by atoms with E-state index in [1.54, 1.807) is 0 Å². The first-order valence-corrected chi connectivity index (χ1v) is 7.83. The van der Waals surface area contributed by atoms with Crippen LogP contribution in [-0.2, 0) is 12.8 Å². The van der Waals surface area contributed by atoms with Crippen LogP contribution in [0.5, 0.6) is 0 Å². The van der Waals surface area contributed by atoms with Gasteiger partial charge in [-0.3, -0.25) is 0 Å². The van der Waals surface area contributed by atoms with Gasteiger partial charge in [-0.2, -0.15) is 0 Å². The van der Waals surface area contributed by atoms with Gasteiger partial charge in [-0.05, 0) is 42.5 Å². The Bertz CT molecular complexity index is 465. The molecule has 0 bridgehead atoms. The number of hydrogen-bond acceptors (Lipinski definition) is 1. The zero-order chi connectivity index (χ0) is 12.8. The Morgan fingerprint density at radius 2 is 1.67 bits per heavy atom. The molecule has 0 atom stereocenters. The van der Waals surface area contributed by atoms with E-state index in [1.165, 1.54) is 46.6 Å². The molecule has 0 fully saturated rings. The molecule has 0 saturated carbocycles. The van der Waals surface area contributed by atoms with Crippen molar-refractivity contribution in [1.82, 2.24) is 0 Å². The lowest BCUT2D eigenvalue weighted by Gasteiger charge is -2.00. The second kappa shape index (κ2) is 6.75. The first-order chi connectivity index (χ1) is 8.83. The molecule has 0 aliphatic carbocycles. The van der Waals surface area contributed by atoms with E-state index in [0.29, 0.717) is 0 Å². The van der Waals surface area contributed by atoms with E-state index in [-0.39, 0.29) is 0 Å². The van der Waals surface area contributed by atoms with Crippen LogP contribution in [0.4, 0.5) is 0 Å². The minimum absolute atomic E-state index is 1.12. The third kappa shape index (κ3) is 3.46. The third-order valence-electron chi connectivity index (χ3n) is 3.34. The van der Waals surface area contributed by atoms with Crippen LogP contribution in [0.2, 0.25) is 0 Å². The van der Waals surface area contributed by atoms with Crippen LogP contribution in [0.1, 0.15) is 43.6 Å². The minimum Gasteiger partial charge on any atom is -0.140 e. The molecule has 1 heterocycles. The summed E-state index contributed by atoms with van der Waals surface area (Å²) in [4.78, 5) is 2.93. The molecule has 1 aromatic heterocycles. The fraction of sp³-hybridized carbons (Fsp3) is 0.412. The predicted octanol–water partition coefficient (Wildman–Crippen LogP) is 5.71. The Hall–Kier alpha value is -1.08. The number of rotatable bonds is 6. The van der Waals surface area contributed by atoms with Gasteiger partial charge in [-0.1, -0.05) is 51.0 Å². The summed E-state index contributed by atoms with van der Waals surface area (Å²) in [6.07, 6.45) is 6.33. The number of aryl methyl sites for hydroxylation is 2. The normalized spacial score (nSPS) is 10.8. The van der Waals surface area contributed by atoms with Crippen molar-refractivity contribution in [1.29, 1.82) is 0 Å². The van der Waals surface area contributed by atoms with Crippen LogP contribution in [0, 0.1) is 0 Å². The standard InChI is InChI=1S/C17H22S/c1-3-5-6-7-16-12-13-17(18-16)15-10-8-14(4-2)9-11-15/h8-13H,3-7H2,1-2H3. The molecule has 1 aromatic carbocycles. The SMILES string of the molecule is CCCCCc1ccc(-c2ccc(CC)cc2)s1. The van der Waals surface area contributed by atoms with E-state index >= 15 is 0 Å². The van der Waals surface area contributed by atoms with Crippen LogP contribution >= 0.6 is 11.3 Å². The number of benzene rings is 1. The van der Waals surface area contributed by atoms with Gasteiger partial charge in [-0.25, -0.2) is 0 Å². The van der Waals surface area contributed by atoms with Gasteiger partial charge in [0.15, 0.2) is 0 Å². The second-order valence-corrected chi connectivity index (χ2v) is 5.94. The van der Waals surface area contributed by atoms with Crippen molar-refractivity contribution in [3.05, 3.63) is 46.8 Å². The lowest BCUT2D eigenvalue weighted by Crippen LogP contribution is -1.79. The van der Waals surface area contributed by atoms with Gasteiger partial charge in [0.25, 0.3) is 0 Å². The van der Waals surface area contributed by atoms with Crippen molar-refractivity contribution in [2.45, 2.75) is 46.0 Å². The molecule has 0 unspecified atom stereocenters. The molecule has 0 nitrogen and oxygen atoms in total. The smallest absolute Gasteiger partial charge is 0.0345 e. The van der Waals surface area contributed by atoms with Crippen molar-refractivity contribution >= 4 is 11.3 Å². The van der Waals surface area contributed by atoms with E-state index < -0.39 is 0 Å². The Balaban J connectivity index is 2.04. The average molecular weight is 258 g/mol. The molecular weight excluding hydrogens is 236 g/mol. The minimum atomic E-state index is 1.12. The molecule has 18 heavy (non-hydrogen) atoms. The Morgan fingerprint density at radius 3 is 2.33 bits per heavy atom. The summed E-state index contributed by atoms with van der Waals surface area (Å²) < 4.78 is 0. The molecular formula is C17H22S. The topological polar surface area (TPSA) is 0 Å². The van der Waals surface area contributed by atoms with Gasteiger partial charge < -0.3 is 0 Å². The Labute approximate surface area is 115 Å². The summed E-state index contributed by atoms with van der Waals surface area (Å²) in [6, 6.07) is 13.6. The Morgan fingerprint density at radius 1 is 0.889 bits per heavy atom. The van der Waals surface area contributed by atoms with Crippen molar-refractivity contribution in [2.75, 3.05) is 0 Å². The van der Waals surface area contributed by atoms with Gasteiger partial charge in [0, 0.05) is 9.75 Å². The van der Waals surface area contributed by atoms with Crippen LogP contribution in [0.15, 0.2) is 36.4 Å². The quantitative estimate of drug-likeness (QED) is 0.582. The average Bonchev–Trinajstić information content (AvgIpc) is 2.88. The largest absolute Gasteiger partial charge is 0.140 e. The van der Waals surface area contributed by atoms with E-state index in [2.05, 4.69) is 50.2 Å². The van der Waals surface area contributed by atoms with E-state index in [1.807, 2.05) is 11.3 Å². The highest BCUT2D eigenvalue weighted by atomic mass is 32.1. The van der Waals surface area contributed by atoms with Gasteiger partial charge in [-0.15, -0.1) is 11.3 Å². The zero-order valence-corrected chi connectivity index (χ0v) is 12.2. The molecule has 0 amide bonds. The highest BCUT2D eigenvalue weighted by Crippen LogP contribution is 2.29. The fourth-order valence-corrected chi connectivity index (χ4v) is 3.18. The lowest BCUT2D eigenvalue weighted by molar-refractivity contribution is 0.722. The molecule has 0 N–H and O–H groups in total. The zero-order valence-electron chi connectivity index (χ0n) is 11.4. The summed E-state index contributed by atoms with van der Waals surface area (Å²) in [7, 11) is 0. The summed E-state index contributed by atoms with van der Waals surface area (Å²) in [5, 5.41) is 0. The maximum atomic E-state index is 2.30. The molecule has 96 valence electrons. The van der Waals surface area contributed by atoms with E-state index in [4.69, 9.17) is 0 Å². The number of hydrogen-bond donors (Lipinski definition) is 0. The van der Waals surface area contributed by atoms with Crippen molar-refractivity contribution in [3.63, 3.8) is 0 Å². The van der Waals surface area contributed by atoms with Gasteiger partial charge in [0.2, 0.25) is 0 Å². The monoisotopic (exact) mass is 258 g/mol. The molecule has 0 aliphatic rings. The maximum Gasteiger partial charge on any atom is 0.0345 e. The molecule has 0 radical (unpaired) electrons. The highest BCUT2D eigenvalue weighted by Gasteiger charge is 2.02. The number of thiophene rings is 1. The van der Waals surface area contributed by atoms with Crippen LogP contribution in [-0.4, -0.2) is 0 Å². The molecule has 0 saturated heterocycles. The first kappa shape index (κ1) is 13.4. The third-order valence-corrected chi connectivity index (χ3v) is 4.53. The molecule has 1 heteroatoms. The lowest BCUT2D eigenvalue weighted by atomic mass is 10.1. The van der Waals surface area contributed by atoms with Crippen molar-refractivity contribution in [2.24, 2.45) is 0 Å². The van der Waals surface area contributed by atoms with E-state index in [9.17, 15) is 0 Å². The van der Waals surface area contributed by atoms with Crippen molar-refractivity contribution in [3.8, 4) is 10.4 Å². The Kier molecular flexibility index (Phi) is 5.00. The highest BCUT2D eigenvalue weighted by molar-refractivity contribution is 7.15. The van der Waals surface area contributed by atoms with Crippen LogP contribution in [0.25, 0.3) is 10.4 Å². The summed E-state index contributed by atoms with van der Waals surface area (Å²) in [5.41, 5.74) is 2.78. The van der Waals surface area contributed by atoms with Crippen LogP contribution < -0.4 is 0 Å². The molecule has 2 rings (SSSR count). The van der Waals surface area contributed by atoms with E-state index in [0.717, 1.165) is 6.42 Å². The summed E-state index contributed by atoms with van der Waals surface area (Å²) >= 11 is 1.95. The van der Waals surface area contributed by atoms with Crippen LogP contribution in [0.3, 0.4) is 0 Å². The van der Waals surface area contributed by atoms with Gasteiger partial charge >= 0.3 is 0 Å². The molecule has 2 aromatic rings. The fourth-order valence-electron chi connectivity index (χ4n) is 2.12.